The molecule has 0 saturated carbocycles. The molecule has 0 unspecified atom stereocenters. The van der Waals surface area contributed by atoms with E-state index in [0.717, 1.165) is 5.03 Å². The van der Waals surface area contributed by atoms with E-state index in [9.17, 15) is 24.3 Å². The quantitative estimate of drug-likeness (QED) is 0.151. The first kappa shape index (κ1) is 43.1. The van der Waals surface area contributed by atoms with E-state index in [1.165, 1.54) is 14.0 Å². The molecule has 298 valence electrons. The molecule has 14 heteroatoms. The average molecular weight is 764 g/mol. The molecule has 1 amide bonds. The van der Waals surface area contributed by atoms with Gasteiger partial charge in [0.2, 0.25) is 0 Å². The highest BCUT2D eigenvalue weighted by atomic mass is 32.2. The highest BCUT2D eigenvalue weighted by Gasteiger charge is 2.60. The number of amides is 1. The van der Waals surface area contributed by atoms with Gasteiger partial charge in [-0.3, -0.25) is 14.4 Å². The Morgan fingerprint density at radius 2 is 1.75 bits per heavy atom. The Balaban J connectivity index is 1.71. The van der Waals surface area contributed by atoms with E-state index in [1.807, 2.05) is 58.0 Å². The third kappa shape index (κ3) is 9.27. The van der Waals surface area contributed by atoms with E-state index in [2.05, 4.69) is 4.98 Å². The van der Waals surface area contributed by atoms with Gasteiger partial charge in [0.25, 0.3) is 0 Å². The number of carbonyl (C=O) groups is 4. The Hall–Kier alpha value is -2.62. The zero-order valence-electron chi connectivity index (χ0n) is 33.3. The number of ketones is 2. The summed E-state index contributed by atoms with van der Waals surface area (Å²) in [5.74, 6) is -4.21. The fourth-order valence-corrected chi connectivity index (χ4v) is 9.35. The number of cyclic esters (lactones) is 1. The molecule has 1 aromatic heterocycles. The number of hydrogen-bond donors (Lipinski definition) is 1. The second kappa shape index (κ2) is 17.9. The van der Waals surface area contributed by atoms with Crippen molar-refractivity contribution in [3.05, 3.63) is 24.4 Å². The predicted octanol–water partition coefficient (Wildman–Crippen LogP) is 4.77. The van der Waals surface area contributed by atoms with E-state index in [1.54, 1.807) is 50.6 Å². The van der Waals surface area contributed by atoms with Crippen LogP contribution in [0.2, 0.25) is 0 Å². The van der Waals surface area contributed by atoms with E-state index < -0.39 is 83.4 Å². The van der Waals surface area contributed by atoms with Gasteiger partial charge in [-0.15, -0.1) is 11.8 Å². The van der Waals surface area contributed by atoms with Crippen molar-refractivity contribution >= 4 is 35.4 Å². The first-order chi connectivity index (χ1) is 24.9. The first-order valence-electron chi connectivity index (χ1n) is 18.9. The largest absolute Gasteiger partial charge is 0.458 e. The summed E-state index contributed by atoms with van der Waals surface area (Å²) in [6, 6.07) is 4.65. The van der Waals surface area contributed by atoms with Gasteiger partial charge in [0.15, 0.2) is 17.7 Å². The summed E-state index contributed by atoms with van der Waals surface area (Å²) in [5.41, 5.74) is -2.64. The number of carbonyl (C=O) groups excluding carboxylic acids is 4. The summed E-state index contributed by atoms with van der Waals surface area (Å²) in [6.45, 7) is 14.3. The molecule has 4 heterocycles. The summed E-state index contributed by atoms with van der Waals surface area (Å²) in [6.07, 6.45) is -1.65. The molecule has 3 aliphatic heterocycles. The lowest BCUT2D eigenvalue weighted by Crippen LogP contribution is -2.60. The Labute approximate surface area is 319 Å². The smallest absolute Gasteiger partial charge is 0.410 e. The van der Waals surface area contributed by atoms with E-state index >= 15 is 0 Å². The standard InChI is InChI=1S/C39H61N3O10S/c1-12-28-39(8)33(42(37(47)52-39)18-15-19-53-29-16-13-14-17-40-29)24(4)30(43)22(2)21-38(7,48-11)34(25(5)31(44)26(6)35(46)50-28)51-36-32(45)27(41(9)10)20-23(3)49-36/h13-14,16-17,22-28,32-34,36,45H,12,15,18-21H2,1-11H3/t22-,23-,24+,25+,26-,27+,28-,32-,33-,34-,36+,38-,39-/m1/s1. The van der Waals surface area contributed by atoms with Crippen LogP contribution in [-0.2, 0) is 38.1 Å². The van der Waals surface area contributed by atoms with Gasteiger partial charge in [-0.2, -0.15) is 0 Å². The van der Waals surface area contributed by atoms with Gasteiger partial charge in [-0.05, 0) is 79.6 Å². The highest BCUT2D eigenvalue weighted by Crippen LogP contribution is 2.43. The van der Waals surface area contributed by atoms with E-state index in [4.69, 9.17) is 23.7 Å². The number of aromatic nitrogens is 1. The number of esters is 1. The van der Waals surface area contributed by atoms with Crippen LogP contribution in [0.25, 0.3) is 0 Å². The number of pyridine rings is 1. The van der Waals surface area contributed by atoms with Crippen molar-refractivity contribution in [3.63, 3.8) is 0 Å². The lowest BCUT2D eigenvalue weighted by atomic mass is 9.73. The molecular weight excluding hydrogens is 703 g/mol. The van der Waals surface area contributed by atoms with Crippen LogP contribution in [0.3, 0.4) is 0 Å². The van der Waals surface area contributed by atoms with Crippen molar-refractivity contribution < 1.29 is 48.0 Å². The van der Waals surface area contributed by atoms with Gasteiger partial charge in [0, 0.05) is 49.4 Å². The van der Waals surface area contributed by atoms with Crippen LogP contribution in [0.15, 0.2) is 29.4 Å². The average Bonchev–Trinajstić information content (AvgIpc) is 3.39. The molecule has 3 aliphatic rings. The van der Waals surface area contributed by atoms with Gasteiger partial charge in [0.1, 0.15) is 23.9 Å². The SMILES string of the molecule is CC[C@H]1OC(=O)[C@H](C)C(=O)[C@H](C)[C@@H](O[C@@H]2O[C@H](C)C[C@H](N(C)C)[C@H]2O)[C@](C)(OC)C[C@@H](C)C(=O)[C@H](C)[C@H]2N(CCCSc3ccccn3)C(=O)O[C@]12C. The second-order valence-electron chi connectivity index (χ2n) is 15.7. The van der Waals surface area contributed by atoms with Gasteiger partial charge < -0.3 is 38.6 Å². The maximum absolute atomic E-state index is 14.6. The fourth-order valence-electron chi connectivity index (χ4n) is 8.55. The number of thioether (sulfide) groups is 1. The topological polar surface area (TPSA) is 154 Å². The molecule has 1 aromatic rings. The predicted molar refractivity (Wildman–Crippen MR) is 199 cm³/mol. The monoisotopic (exact) mass is 763 g/mol. The number of rotatable bonds is 10. The lowest BCUT2D eigenvalue weighted by Gasteiger charge is -2.47. The minimum Gasteiger partial charge on any atom is -0.458 e. The van der Waals surface area contributed by atoms with Crippen molar-refractivity contribution in [1.29, 1.82) is 0 Å². The number of Topliss-reactive ketones (excluding diaryl/α,β-unsaturated/α-hetero) is 2. The number of aliphatic hydroxyl groups excluding tert-OH is 1. The van der Waals surface area contributed by atoms with Crippen LogP contribution in [-0.4, -0.2) is 131 Å². The molecule has 0 spiro atoms. The van der Waals surface area contributed by atoms with Crippen LogP contribution in [0.5, 0.6) is 0 Å². The summed E-state index contributed by atoms with van der Waals surface area (Å²) in [7, 11) is 5.24. The van der Waals surface area contributed by atoms with Crippen LogP contribution < -0.4 is 0 Å². The molecule has 13 nitrogen and oxygen atoms in total. The molecule has 0 radical (unpaired) electrons. The van der Waals surface area contributed by atoms with Crippen molar-refractivity contribution in [2.24, 2.45) is 23.7 Å². The van der Waals surface area contributed by atoms with Crippen LogP contribution >= 0.6 is 11.8 Å². The Kier molecular flexibility index (Phi) is 14.6. The summed E-state index contributed by atoms with van der Waals surface area (Å²) in [4.78, 5) is 64.3. The normalized spacial score (nSPS) is 39.0. The van der Waals surface area contributed by atoms with Crippen molar-refractivity contribution in [2.45, 2.75) is 140 Å². The maximum Gasteiger partial charge on any atom is 0.410 e. The number of hydrogen-bond acceptors (Lipinski definition) is 13. The number of ether oxygens (including phenoxy) is 5. The lowest BCUT2D eigenvalue weighted by molar-refractivity contribution is -0.295. The van der Waals surface area contributed by atoms with Crippen molar-refractivity contribution in [2.75, 3.05) is 33.5 Å². The molecule has 1 N–H and O–H groups in total. The number of likely N-dealkylation sites (N-methyl/N-ethyl adjacent to an activating group) is 1. The number of aliphatic hydroxyl groups is 1. The van der Waals surface area contributed by atoms with Crippen LogP contribution in [0.4, 0.5) is 4.79 Å². The number of methoxy groups -OCH3 is 1. The molecule has 53 heavy (non-hydrogen) atoms. The van der Waals surface area contributed by atoms with E-state index in [0.29, 0.717) is 25.1 Å². The summed E-state index contributed by atoms with van der Waals surface area (Å²) < 4.78 is 31.1. The maximum atomic E-state index is 14.6. The number of nitrogens with zero attached hydrogens (tertiary/aromatic N) is 3. The molecule has 3 saturated heterocycles. The molecule has 0 bridgehead atoms. The Morgan fingerprint density at radius 1 is 1.06 bits per heavy atom. The molecule has 3 fully saturated rings. The Bertz CT molecular complexity index is 1440. The minimum atomic E-state index is -1.38. The van der Waals surface area contributed by atoms with Gasteiger partial charge in [-0.25, -0.2) is 9.78 Å². The van der Waals surface area contributed by atoms with E-state index in [-0.39, 0.29) is 30.8 Å². The summed E-state index contributed by atoms with van der Waals surface area (Å²) in [5, 5.41) is 12.3. The minimum absolute atomic E-state index is 0.138. The fraction of sp³-hybridized carbons (Fsp3) is 0.769. The molecular formula is C39H61N3O10S. The zero-order valence-corrected chi connectivity index (χ0v) is 34.1. The molecule has 0 aliphatic carbocycles. The second-order valence-corrected chi connectivity index (χ2v) is 16.9. The number of fused-ring (bicyclic) bond motifs is 1. The molecule has 4 rings (SSSR count). The van der Waals surface area contributed by atoms with Crippen molar-refractivity contribution in [3.8, 4) is 0 Å². The summed E-state index contributed by atoms with van der Waals surface area (Å²) >= 11 is 1.57. The van der Waals surface area contributed by atoms with Crippen molar-refractivity contribution in [1.82, 2.24) is 14.8 Å². The zero-order chi connectivity index (χ0) is 39.4. The van der Waals surface area contributed by atoms with Gasteiger partial charge >= 0.3 is 12.1 Å². The molecule has 13 atom stereocenters. The third-order valence-electron chi connectivity index (χ3n) is 11.6. The van der Waals surface area contributed by atoms with Gasteiger partial charge in [-0.1, -0.05) is 33.8 Å². The first-order valence-corrected chi connectivity index (χ1v) is 19.9. The highest BCUT2D eigenvalue weighted by molar-refractivity contribution is 7.99. The Morgan fingerprint density at radius 3 is 2.36 bits per heavy atom. The third-order valence-corrected chi connectivity index (χ3v) is 12.6. The van der Waals surface area contributed by atoms with Crippen LogP contribution in [0, 0.1) is 23.7 Å². The molecule has 0 aromatic carbocycles. The van der Waals surface area contributed by atoms with Gasteiger partial charge in [0.05, 0.1) is 28.9 Å². The van der Waals surface area contributed by atoms with Crippen LogP contribution in [0.1, 0.15) is 81.1 Å².